The molecule has 0 amide bonds. The van der Waals surface area contributed by atoms with E-state index in [9.17, 15) is 38.4 Å². The second-order valence-corrected chi connectivity index (χ2v) is 27.0. The third-order valence-corrected chi connectivity index (χ3v) is 18.3. The molecule has 634 valence electrons. The highest BCUT2D eigenvalue weighted by atomic mass is 16.6. The Hall–Kier alpha value is -14.0. The zero-order chi connectivity index (χ0) is 81.7. The first kappa shape index (κ1) is 101. The van der Waals surface area contributed by atoms with Crippen LogP contribution in [0.3, 0.4) is 0 Å². The van der Waals surface area contributed by atoms with E-state index in [0.29, 0.717) is 120 Å². The molecule has 0 saturated heterocycles. The van der Waals surface area contributed by atoms with Crippen molar-refractivity contribution in [3.8, 4) is 80.4 Å². The summed E-state index contributed by atoms with van der Waals surface area (Å²) in [6, 6.07) is 77.4. The van der Waals surface area contributed by atoms with Gasteiger partial charge < -0.3 is 47.4 Å². The van der Waals surface area contributed by atoms with Gasteiger partial charge >= 0.3 is 47.8 Å². The van der Waals surface area contributed by atoms with Crippen molar-refractivity contribution in [2.45, 2.75) is 131 Å². The first-order valence-corrected chi connectivity index (χ1v) is 37.7. The van der Waals surface area contributed by atoms with E-state index in [4.69, 9.17) is 57.9 Å². The second-order valence-electron chi connectivity index (χ2n) is 27.0. The number of carbonyl (C=O) groups is 8. The molecule has 10 aromatic rings. The molecule has 0 fully saturated rings. The van der Waals surface area contributed by atoms with Crippen LogP contribution >= 0.6 is 0 Å². The molecule has 0 heterocycles. The highest BCUT2D eigenvalue weighted by Crippen LogP contribution is 2.34. The van der Waals surface area contributed by atoms with Gasteiger partial charge in [0.15, 0.2) is 0 Å². The fourth-order valence-electron chi connectivity index (χ4n) is 11.5. The average molecular weight is 1640 g/mol. The number of esters is 8. The standard InChI is InChI=1S/C48H45NO9.C47H43NO9.6CH4/c1-4-48(3,47(53)58-43-27-25-41(26-28-43)56-44(50)29-14-35-10-6-5-7-11-35)32-34(2)45(51)55-31-9-8-30-54-40-21-19-39(20-22-40)46(52)57-42-23-17-38(18-24-42)37-15-12-36(33-49)13-16-37;1-3-36(46(51)56-43-26-24-41(25-27-43)55-44(49)28-13-34-9-5-4-6-10-34)31-33(2)45(50)54-30-8-7-29-53-40-20-18-39(19-21-40)47(52)57-42-22-16-38(17-23-42)37-14-11-35(32-48)12-15-37;;;;;;/h5-7,10-29,34H,4,8-9,30-32H2,1-3H3;4-6,9-28,33,36H,3,7-8,29-31H2,1-2H3;6*1H4/b29-14+;28-13+;;;;;;. The average Bonchev–Trinajstić information content (AvgIpc) is 0.759. The molecule has 0 aliphatic heterocycles. The van der Waals surface area contributed by atoms with Crippen LogP contribution in [-0.2, 0) is 38.2 Å². The molecular formula is C101H112N2O18. The van der Waals surface area contributed by atoms with Crippen LogP contribution in [0.4, 0.5) is 0 Å². The van der Waals surface area contributed by atoms with E-state index in [0.717, 1.165) is 33.4 Å². The normalized spacial score (nSPS) is 11.5. The summed E-state index contributed by atoms with van der Waals surface area (Å²) < 4.78 is 55.5. The number of carbonyl (C=O) groups excluding carboxylic acids is 8. The van der Waals surface area contributed by atoms with Crippen molar-refractivity contribution in [3.63, 3.8) is 0 Å². The topological polar surface area (TPSA) is 276 Å². The molecule has 20 nitrogen and oxygen atoms in total. The highest BCUT2D eigenvalue weighted by Gasteiger charge is 2.37. The summed E-state index contributed by atoms with van der Waals surface area (Å²) in [5.41, 5.74) is 6.50. The minimum absolute atomic E-state index is 0. The minimum Gasteiger partial charge on any atom is -0.494 e. The lowest BCUT2D eigenvalue weighted by molar-refractivity contribution is -0.153. The van der Waals surface area contributed by atoms with Gasteiger partial charge in [-0.15, -0.1) is 0 Å². The quantitative estimate of drug-likeness (QED) is 0.0153. The van der Waals surface area contributed by atoms with Crippen LogP contribution in [-0.4, -0.2) is 74.2 Å². The molecule has 0 radical (unpaired) electrons. The van der Waals surface area contributed by atoms with Crippen LogP contribution in [0.5, 0.6) is 46.0 Å². The lowest BCUT2D eigenvalue weighted by Gasteiger charge is -2.28. The minimum atomic E-state index is -0.939. The first-order valence-electron chi connectivity index (χ1n) is 37.7. The Morgan fingerprint density at radius 3 is 1.03 bits per heavy atom. The van der Waals surface area contributed by atoms with Crippen LogP contribution in [0.1, 0.15) is 174 Å². The van der Waals surface area contributed by atoms with Gasteiger partial charge in [-0.25, -0.2) is 19.2 Å². The molecule has 0 aliphatic rings. The summed E-state index contributed by atoms with van der Waals surface area (Å²) in [6.07, 6.45) is 9.86. The molecule has 20 heteroatoms. The van der Waals surface area contributed by atoms with Gasteiger partial charge in [0.2, 0.25) is 0 Å². The van der Waals surface area contributed by atoms with Crippen molar-refractivity contribution in [2.75, 3.05) is 26.4 Å². The summed E-state index contributed by atoms with van der Waals surface area (Å²) in [7, 11) is 0. The van der Waals surface area contributed by atoms with Gasteiger partial charge in [-0.3, -0.25) is 19.2 Å². The number of nitriles is 2. The molecule has 10 rings (SSSR count). The number of unbranched alkanes of at least 4 members (excludes halogenated alkanes) is 2. The zero-order valence-electron chi connectivity index (χ0n) is 64.5. The Labute approximate surface area is 713 Å². The van der Waals surface area contributed by atoms with E-state index in [1.165, 1.54) is 12.2 Å². The first-order chi connectivity index (χ1) is 55.7. The lowest BCUT2D eigenvalue weighted by Crippen LogP contribution is -2.35. The van der Waals surface area contributed by atoms with Crippen molar-refractivity contribution in [3.05, 3.63) is 300 Å². The number of hydrogen-bond donors (Lipinski definition) is 0. The highest BCUT2D eigenvalue weighted by molar-refractivity contribution is 5.93. The third-order valence-electron chi connectivity index (χ3n) is 18.3. The van der Waals surface area contributed by atoms with Gasteiger partial charge in [0.25, 0.3) is 0 Å². The van der Waals surface area contributed by atoms with E-state index < -0.39 is 65.0 Å². The number of benzene rings is 10. The Morgan fingerprint density at radius 2 is 0.678 bits per heavy atom. The summed E-state index contributed by atoms with van der Waals surface area (Å²) >= 11 is 0. The van der Waals surface area contributed by atoms with Crippen LogP contribution in [0, 0.1) is 45.8 Å². The van der Waals surface area contributed by atoms with E-state index in [2.05, 4.69) is 12.1 Å². The van der Waals surface area contributed by atoms with Gasteiger partial charge in [0.1, 0.15) is 46.0 Å². The predicted molar refractivity (Wildman–Crippen MR) is 474 cm³/mol. The Kier molecular flexibility index (Phi) is 44.0. The summed E-state index contributed by atoms with van der Waals surface area (Å²) in [6.45, 7) is 10.1. The zero-order valence-corrected chi connectivity index (χ0v) is 64.5. The summed E-state index contributed by atoms with van der Waals surface area (Å²) in [5, 5.41) is 18.0. The van der Waals surface area contributed by atoms with E-state index in [-0.39, 0.29) is 76.6 Å². The molecular weight excluding hydrogens is 1530 g/mol. The molecule has 0 N–H and O–H groups in total. The van der Waals surface area contributed by atoms with Crippen LogP contribution in [0.2, 0.25) is 0 Å². The fourth-order valence-corrected chi connectivity index (χ4v) is 11.5. The van der Waals surface area contributed by atoms with E-state index in [1.807, 2.05) is 123 Å². The maximum Gasteiger partial charge on any atom is 0.343 e. The Bertz CT molecular complexity index is 5000. The van der Waals surface area contributed by atoms with Gasteiger partial charge in [0.05, 0.1) is 84.0 Å². The van der Waals surface area contributed by atoms with Crippen LogP contribution < -0.4 is 37.9 Å². The smallest absolute Gasteiger partial charge is 0.343 e. The molecule has 0 spiro atoms. The Balaban J connectivity index is 0.000000596. The molecule has 0 aromatic heterocycles. The molecule has 0 saturated carbocycles. The summed E-state index contributed by atoms with van der Waals surface area (Å²) in [5.74, 6) is -2.14. The number of nitrogens with zero attached hydrogens (tertiary/aromatic N) is 2. The summed E-state index contributed by atoms with van der Waals surface area (Å²) in [4.78, 5) is 101. The number of rotatable bonds is 36. The van der Waals surface area contributed by atoms with Crippen molar-refractivity contribution >= 4 is 59.9 Å². The van der Waals surface area contributed by atoms with Gasteiger partial charge in [-0.2, -0.15) is 10.5 Å². The van der Waals surface area contributed by atoms with Gasteiger partial charge in [-0.1, -0.05) is 181 Å². The Morgan fingerprint density at radius 1 is 0.364 bits per heavy atom. The van der Waals surface area contributed by atoms with Crippen molar-refractivity contribution in [1.82, 2.24) is 0 Å². The molecule has 0 aliphatic carbocycles. The van der Waals surface area contributed by atoms with E-state index >= 15 is 0 Å². The lowest BCUT2D eigenvalue weighted by atomic mass is 9.79. The SMILES string of the molecule is C.C.C.C.C.C.CCC(C)(CC(C)C(=O)OCCCCOc1ccc(C(=O)Oc2ccc(-c3ccc(C#N)cc3)cc2)cc1)C(=O)Oc1ccc(OC(=O)/C=C/c2ccccc2)cc1.CCC(CC(C)C(=O)OCCCCOc1ccc(C(=O)Oc2ccc(-c3ccc(C#N)cc3)cc2)cc1)C(=O)Oc1ccc(OC(=O)/C=C/c2ccccc2)cc1. The van der Waals surface area contributed by atoms with Crippen LogP contribution in [0.25, 0.3) is 34.4 Å². The van der Waals surface area contributed by atoms with Gasteiger partial charge in [0, 0.05) is 12.2 Å². The van der Waals surface area contributed by atoms with Crippen molar-refractivity contribution < 1.29 is 85.7 Å². The van der Waals surface area contributed by atoms with Crippen molar-refractivity contribution in [1.29, 1.82) is 10.5 Å². The second kappa shape index (κ2) is 52.7. The number of ether oxygens (including phenoxy) is 10. The van der Waals surface area contributed by atoms with Gasteiger partial charge in [-0.05, 0) is 249 Å². The number of hydrogen-bond acceptors (Lipinski definition) is 20. The molecule has 10 aromatic carbocycles. The van der Waals surface area contributed by atoms with E-state index in [1.54, 1.807) is 179 Å². The monoisotopic (exact) mass is 1640 g/mol. The maximum atomic E-state index is 13.2. The molecule has 4 unspecified atom stereocenters. The molecule has 4 atom stereocenters. The maximum absolute atomic E-state index is 13.2. The molecule has 121 heavy (non-hydrogen) atoms. The molecule has 0 bridgehead atoms. The fraction of sp³-hybridized carbons (Fsp3) is 0.267. The van der Waals surface area contributed by atoms with Crippen molar-refractivity contribution in [2.24, 2.45) is 23.2 Å². The largest absolute Gasteiger partial charge is 0.494 e. The predicted octanol–water partition coefficient (Wildman–Crippen LogP) is 23.1. The van der Waals surface area contributed by atoms with Crippen LogP contribution in [0.15, 0.2) is 267 Å². The third kappa shape index (κ3) is 33.2.